The summed E-state index contributed by atoms with van der Waals surface area (Å²) in [6.45, 7) is -0.245. The first kappa shape index (κ1) is 35.2. The predicted octanol–water partition coefficient (Wildman–Crippen LogP) is 5.42. The largest absolute Gasteiger partial charge is 0.480 e. The van der Waals surface area contributed by atoms with Crippen LogP contribution in [0.2, 0.25) is 0 Å². The van der Waals surface area contributed by atoms with Gasteiger partial charge in [-0.3, -0.25) is 9.59 Å². The van der Waals surface area contributed by atoms with Crippen LogP contribution in [0.4, 0.5) is 0 Å². The van der Waals surface area contributed by atoms with E-state index in [4.69, 9.17) is 20.9 Å². The molecule has 2 aliphatic carbocycles. The average Bonchev–Trinajstić information content (AvgIpc) is 3.62. The maximum absolute atomic E-state index is 14.4. The Morgan fingerprint density at radius 3 is 1.34 bits per heavy atom. The smallest absolute Gasteiger partial charge is 0.334 e. The van der Waals surface area contributed by atoms with Gasteiger partial charge in [-0.25, -0.2) is 9.59 Å². The monoisotopic (exact) mass is 712 g/mol. The van der Waals surface area contributed by atoms with Crippen LogP contribution in [-0.4, -0.2) is 69.9 Å². The third-order valence-electron chi connectivity index (χ3n) is 9.20. The molecule has 4 aromatic carbocycles. The fourth-order valence-corrected chi connectivity index (χ4v) is 9.51. The van der Waals surface area contributed by atoms with Gasteiger partial charge >= 0.3 is 23.9 Å². The molecule has 50 heavy (non-hydrogen) atoms. The topological polar surface area (TPSA) is 179 Å². The second kappa shape index (κ2) is 15.1. The molecule has 0 aliphatic heterocycles. The first-order chi connectivity index (χ1) is 24.1. The number of benzene rings is 4. The van der Waals surface area contributed by atoms with E-state index >= 15 is 0 Å². The Hall–Kier alpha value is -4.62. The Labute approximate surface area is 296 Å². The number of rotatable bonds is 15. The molecule has 0 amide bonds. The van der Waals surface area contributed by atoms with E-state index in [2.05, 4.69) is 0 Å². The lowest BCUT2D eigenvalue weighted by atomic mass is 9.96. The van der Waals surface area contributed by atoms with Crippen LogP contribution in [0.3, 0.4) is 0 Å². The third kappa shape index (κ3) is 6.88. The molecule has 0 spiro atoms. The highest BCUT2D eigenvalue weighted by molar-refractivity contribution is 8.77. The number of fused-ring (bicyclic) bond motifs is 6. The van der Waals surface area contributed by atoms with E-state index in [9.17, 15) is 29.4 Å². The molecule has 6 rings (SSSR count). The Balaban J connectivity index is 1.29. The molecule has 2 aliphatic rings. The third-order valence-corrected chi connectivity index (χ3v) is 12.2. The highest BCUT2D eigenvalue weighted by Crippen LogP contribution is 2.48. The zero-order valence-electron chi connectivity index (χ0n) is 26.9. The van der Waals surface area contributed by atoms with Crippen molar-refractivity contribution in [1.29, 1.82) is 0 Å². The van der Waals surface area contributed by atoms with Crippen molar-refractivity contribution in [3.63, 3.8) is 0 Å². The normalized spacial score (nSPS) is 14.5. The number of hydrogen-bond acceptors (Lipinski definition) is 10. The number of carboxylic acids is 2. The van der Waals surface area contributed by atoms with E-state index in [1.807, 2.05) is 97.1 Å². The summed E-state index contributed by atoms with van der Waals surface area (Å²) in [5.74, 6) is -5.11. The second-order valence-corrected chi connectivity index (χ2v) is 15.0. The van der Waals surface area contributed by atoms with E-state index < -0.39 is 47.1 Å². The fraction of sp³-hybridized carbons (Fsp3) is 0.263. The minimum absolute atomic E-state index is 0.0312. The quantitative estimate of drug-likeness (QED) is 0.0533. The number of aliphatic carboxylic acids is 2. The lowest BCUT2D eigenvalue weighted by molar-refractivity contribution is -0.160. The molecule has 4 aromatic rings. The molecule has 0 saturated carbocycles. The molecule has 12 heteroatoms. The van der Waals surface area contributed by atoms with Gasteiger partial charge in [-0.2, -0.15) is 0 Å². The van der Waals surface area contributed by atoms with Crippen molar-refractivity contribution < 1.29 is 38.9 Å². The molecule has 258 valence electrons. The first-order valence-corrected chi connectivity index (χ1v) is 18.4. The van der Waals surface area contributed by atoms with Crippen molar-refractivity contribution >= 4 is 45.5 Å². The van der Waals surface area contributed by atoms with Crippen molar-refractivity contribution in [2.24, 2.45) is 11.5 Å². The zero-order valence-corrected chi connectivity index (χ0v) is 28.5. The number of nitrogens with two attached hydrogens (primary N) is 2. The van der Waals surface area contributed by atoms with Gasteiger partial charge in [0.05, 0.1) is 0 Å². The van der Waals surface area contributed by atoms with Crippen molar-refractivity contribution in [3.8, 4) is 22.3 Å². The predicted molar refractivity (Wildman–Crippen MR) is 193 cm³/mol. The minimum atomic E-state index is -2.20. The van der Waals surface area contributed by atoms with Crippen LogP contribution in [0.15, 0.2) is 97.1 Å². The van der Waals surface area contributed by atoms with E-state index in [0.29, 0.717) is 0 Å². The number of esters is 2. The van der Waals surface area contributed by atoms with Gasteiger partial charge in [-0.05, 0) is 50.9 Å². The number of carbonyl (C=O) groups excluding carboxylic acids is 2. The molecular formula is C38H36N2O8S2. The van der Waals surface area contributed by atoms with E-state index in [1.54, 1.807) is 0 Å². The summed E-state index contributed by atoms with van der Waals surface area (Å²) in [5, 5.41) is 19.1. The standard InChI is InChI=1S/C38H36N2O8S2/c39-32(34(41)42)17-18-49-50-38(19-33(40)35(43)44,36(45)47-20-30-26-13-5-1-9-22(26)23-10-2-6-14-27(23)30)37(46)48-21-31-28-15-7-3-11-24(28)25-12-4-8-16-29(25)31/h1-16,30-33H,17-21,39-40H2,(H,41,42)(H,43,44). The van der Waals surface area contributed by atoms with E-state index in [0.717, 1.165) is 66.1 Å². The molecular weight excluding hydrogens is 677 g/mol. The summed E-state index contributed by atoms with van der Waals surface area (Å²) in [7, 11) is 1.78. The van der Waals surface area contributed by atoms with Crippen LogP contribution in [0.1, 0.15) is 46.9 Å². The molecule has 2 unspecified atom stereocenters. The van der Waals surface area contributed by atoms with Crippen LogP contribution >= 0.6 is 21.6 Å². The van der Waals surface area contributed by atoms with Crippen molar-refractivity contribution in [2.45, 2.75) is 41.5 Å². The lowest BCUT2D eigenvalue weighted by Gasteiger charge is -2.30. The fourth-order valence-electron chi connectivity index (χ4n) is 6.62. The SMILES string of the molecule is NC(CCSSC(CC(N)C(=O)O)(C(=O)OCC1c2ccccc2-c2ccccc21)C(=O)OCC1c2ccccc2-c2ccccc21)C(=O)O. The van der Waals surface area contributed by atoms with Crippen LogP contribution in [-0.2, 0) is 28.7 Å². The maximum Gasteiger partial charge on any atom is 0.334 e. The average molecular weight is 713 g/mol. The molecule has 0 bridgehead atoms. The molecule has 2 atom stereocenters. The highest BCUT2D eigenvalue weighted by atomic mass is 33.1. The van der Waals surface area contributed by atoms with E-state index in [1.165, 1.54) is 0 Å². The summed E-state index contributed by atoms with van der Waals surface area (Å²) in [6.07, 6.45) is -0.595. The Kier molecular flexibility index (Phi) is 10.6. The van der Waals surface area contributed by atoms with Crippen LogP contribution in [0.5, 0.6) is 0 Å². The Morgan fingerprint density at radius 1 is 0.620 bits per heavy atom. The molecule has 0 aromatic heterocycles. The van der Waals surface area contributed by atoms with Gasteiger partial charge in [0, 0.05) is 24.0 Å². The van der Waals surface area contributed by atoms with E-state index in [-0.39, 0.29) is 37.2 Å². The van der Waals surface area contributed by atoms with Crippen molar-refractivity contribution in [2.75, 3.05) is 19.0 Å². The van der Waals surface area contributed by atoms with Gasteiger partial charge in [0.15, 0.2) is 0 Å². The number of ether oxygens (including phenoxy) is 2. The highest BCUT2D eigenvalue weighted by Gasteiger charge is 2.53. The van der Waals surface area contributed by atoms with Crippen LogP contribution < -0.4 is 11.5 Å². The van der Waals surface area contributed by atoms with Gasteiger partial charge in [0.2, 0.25) is 4.75 Å². The summed E-state index contributed by atoms with van der Waals surface area (Å²) >= 11 is 0. The number of carboxylic acid groups (broad SMARTS) is 2. The van der Waals surface area contributed by atoms with Gasteiger partial charge in [0.1, 0.15) is 25.3 Å². The first-order valence-electron chi connectivity index (χ1n) is 16.1. The van der Waals surface area contributed by atoms with Gasteiger partial charge in [0.25, 0.3) is 0 Å². The van der Waals surface area contributed by atoms with Gasteiger partial charge in [-0.15, -0.1) is 0 Å². The summed E-state index contributed by atoms with van der Waals surface area (Å²) in [5.41, 5.74) is 19.6. The Morgan fingerprint density at radius 2 is 0.980 bits per heavy atom. The minimum Gasteiger partial charge on any atom is -0.480 e. The molecule has 0 fully saturated rings. The van der Waals surface area contributed by atoms with Crippen molar-refractivity contribution in [3.05, 3.63) is 119 Å². The molecule has 0 radical (unpaired) electrons. The zero-order chi connectivity index (χ0) is 35.4. The number of carbonyl (C=O) groups is 4. The van der Waals surface area contributed by atoms with Crippen LogP contribution in [0.25, 0.3) is 22.3 Å². The van der Waals surface area contributed by atoms with Crippen molar-refractivity contribution in [1.82, 2.24) is 0 Å². The summed E-state index contributed by atoms with van der Waals surface area (Å²) in [6, 6.07) is 28.4. The number of hydrogen-bond donors (Lipinski definition) is 4. The molecule has 0 heterocycles. The molecule has 0 saturated heterocycles. The Bertz CT molecular complexity index is 1730. The summed E-state index contributed by atoms with van der Waals surface area (Å²) < 4.78 is 9.73. The van der Waals surface area contributed by atoms with Crippen LogP contribution in [0, 0.1) is 0 Å². The van der Waals surface area contributed by atoms with Gasteiger partial charge < -0.3 is 31.2 Å². The summed E-state index contributed by atoms with van der Waals surface area (Å²) in [4.78, 5) is 52.1. The lowest BCUT2D eigenvalue weighted by Crippen LogP contribution is -2.51. The molecule has 10 nitrogen and oxygen atoms in total. The molecule has 6 N–H and O–H groups in total. The second-order valence-electron chi connectivity index (χ2n) is 12.3. The van der Waals surface area contributed by atoms with Gasteiger partial charge in [-0.1, -0.05) is 119 Å². The maximum atomic E-state index is 14.4.